The Kier molecular flexibility index (Phi) is 5.15. The van der Waals surface area contributed by atoms with Gasteiger partial charge >= 0.3 is 12.3 Å². The van der Waals surface area contributed by atoms with Crippen LogP contribution in [0.15, 0.2) is 0 Å². The molecule has 0 aliphatic carbocycles. The Bertz CT molecular complexity index is 269. The molecule has 0 amide bonds. The number of nitrogens with zero attached hydrogens (tertiary/aromatic N) is 3. The van der Waals surface area contributed by atoms with Crippen molar-refractivity contribution >= 4 is 0 Å². The van der Waals surface area contributed by atoms with Gasteiger partial charge in [0.05, 0.1) is 12.6 Å². The van der Waals surface area contributed by atoms with Crippen molar-refractivity contribution in [2.45, 2.75) is 18.8 Å². The Hall–Kier alpha value is -0.870. The van der Waals surface area contributed by atoms with Gasteiger partial charge in [-0.1, -0.05) is 0 Å². The summed E-state index contributed by atoms with van der Waals surface area (Å²) in [4.78, 5) is 3.31. The summed E-state index contributed by atoms with van der Waals surface area (Å²) in [7, 11) is 0. The van der Waals surface area contributed by atoms with Gasteiger partial charge in [-0.15, -0.1) is 0 Å². The van der Waals surface area contributed by atoms with Crippen LogP contribution in [0.1, 0.15) is 6.42 Å². The van der Waals surface area contributed by atoms with E-state index in [1.165, 1.54) is 4.90 Å². The second kappa shape index (κ2) is 6.17. The third-order valence-corrected chi connectivity index (χ3v) is 2.76. The normalized spacial score (nSPS) is 19.5. The highest BCUT2D eigenvalue weighted by Crippen LogP contribution is 2.24. The highest BCUT2D eigenvalue weighted by atomic mass is 19.3. The lowest BCUT2D eigenvalue weighted by atomic mass is 10.2. The Morgan fingerprint density at radius 2 is 1.65 bits per heavy atom. The first-order valence-corrected chi connectivity index (χ1v) is 5.43. The summed E-state index contributed by atoms with van der Waals surface area (Å²) in [6.07, 6.45) is -3.22. The van der Waals surface area contributed by atoms with E-state index in [1.807, 2.05) is 11.0 Å². The van der Waals surface area contributed by atoms with Gasteiger partial charge in [0.25, 0.3) is 0 Å². The fourth-order valence-corrected chi connectivity index (χ4v) is 1.75. The average Bonchev–Trinajstić information content (AvgIpc) is 2.27. The molecule has 0 spiro atoms. The molecule has 17 heavy (non-hydrogen) atoms. The summed E-state index contributed by atoms with van der Waals surface area (Å²) in [5.41, 5.74) is 0. The predicted molar refractivity (Wildman–Crippen MR) is 54.1 cm³/mol. The fourth-order valence-electron chi connectivity index (χ4n) is 1.75. The number of rotatable bonds is 5. The van der Waals surface area contributed by atoms with Gasteiger partial charge in [0, 0.05) is 39.1 Å². The summed E-state index contributed by atoms with van der Waals surface area (Å²) >= 11 is 0. The van der Waals surface area contributed by atoms with Gasteiger partial charge in [-0.2, -0.15) is 14.0 Å². The molecular weight excluding hydrogens is 238 g/mol. The molecule has 0 aromatic heterocycles. The van der Waals surface area contributed by atoms with Crippen LogP contribution in [-0.2, 0) is 0 Å². The maximum absolute atomic E-state index is 12.8. The Morgan fingerprint density at radius 1 is 1.12 bits per heavy atom. The molecule has 1 saturated heterocycles. The molecule has 0 aromatic carbocycles. The van der Waals surface area contributed by atoms with Crippen LogP contribution in [-0.4, -0.2) is 61.4 Å². The quantitative estimate of drug-likeness (QED) is 0.694. The van der Waals surface area contributed by atoms with Crippen LogP contribution in [0.4, 0.5) is 17.6 Å². The molecule has 0 unspecified atom stereocenters. The zero-order valence-corrected chi connectivity index (χ0v) is 9.38. The molecule has 0 aromatic rings. The molecule has 1 aliphatic rings. The highest BCUT2D eigenvalue weighted by Gasteiger charge is 2.42. The maximum atomic E-state index is 12.8. The van der Waals surface area contributed by atoms with E-state index in [0.29, 0.717) is 39.1 Å². The smallest absolute Gasteiger partial charge is 0.300 e. The number of halogens is 4. The first-order valence-electron chi connectivity index (χ1n) is 5.43. The van der Waals surface area contributed by atoms with Crippen molar-refractivity contribution < 1.29 is 17.6 Å². The Morgan fingerprint density at radius 3 is 2.12 bits per heavy atom. The van der Waals surface area contributed by atoms with E-state index in [1.54, 1.807) is 0 Å². The van der Waals surface area contributed by atoms with Crippen LogP contribution in [0.25, 0.3) is 0 Å². The minimum absolute atomic E-state index is 0.341. The highest BCUT2D eigenvalue weighted by molar-refractivity contribution is 4.81. The van der Waals surface area contributed by atoms with Crippen molar-refractivity contribution in [3.8, 4) is 6.07 Å². The topological polar surface area (TPSA) is 30.3 Å². The molecule has 0 saturated carbocycles. The van der Waals surface area contributed by atoms with Crippen LogP contribution >= 0.6 is 0 Å². The van der Waals surface area contributed by atoms with Crippen molar-refractivity contribution in [2.75, 3.05) is 39.3 Å². The molecule has 0 bridgehead atoms. The van der Waals surface area contributed by atoms with Crippen molar-refractivity contribution in [1.29, 1.82) is 5.26 Å². The minimum Gasteiger partial charge on any atom is -0.300 e. The number of piperazine rings is 1. The van der Waals surface area contributed by atoms with Gasteiger partial charge in [0.2, 0.25) is 0 Å². The third-order valence-electron chi connectivity index (χ3n) is 2.76. The SMILES string of the molecule is N#CCCN1CCN(CC(F)(F)C(F)F)CC1. The fraction of sp³-hybridized carbons (Fsp3) is 0.900. The second-order valence-electron chi connectivity index (χ2n) is 4.09. The zero-order chi connectivity index (χ0) is 12.9. The van der Waals surface area contributed by atoms with Crippen molar-refractivity contribution in [3.05, 3.63) is 0 Å². The first kappa shape index (κ1) is 14.2. The molecule has 1 rings (SSSR count). The summed E-state index contributed by atoms with van der Waals surface area (Å²) in [5.74, 6) is -3.94. The van der Waals surface area contributed by atoms with Crippen molar-refractivity contribution in [2.24, 2.45) is 0 Å². The number of hydrogen-bond donors (Lipinski definition) is 0. The number of alkyl halides is 4. The summed E-state index contributed by atoms with van der Waals surface area (Å²) in [6, 6.07) is 2.00. The van der Waals surface area contributed by atoms with Crippen LogP contribution < -0.4 is 0 Å². The second-order valence-corrected chi connectivity index (χ2v) is 4.09. The summed E-state index contributed by atoms with van der Waals surface area (Å²) < 4.78 is 49.5. The molecule has 1 heterocycles. The van der Waals surface area contributed by atoms with E-state index in [9.17, 15) is 17.6 Å². The number of hydrogen-bond acceptors (Lipinski definition) is 3. The monoisotopic (exact) mass is 253 g/mol. The third kappa shape index (κ3) is 4.48. The van der Waals surface area contributed by atoms with E-state index in [0.717, 1.165) is 0 Å². The van der Waals surface area contributed by atoms with E-state index in [4.69, 9.17) is 5.26 Å². The maximum Gasteiger partial charge on any atom is 0.319 e. The van der Waals surface area contributed by atoms with E-state index in [-0.39, 0.29) is 0 Å². The summed E-state index contributed by atoms with van der Waals surface area (Å²) in [5, 5.41) is 8.39. The standard InChI is InChI=1S/C10H15F4N3/c11-9(12)10(13,14)8-17-6-4-16(5-7-17)3-1-2-15/h9H,1,3-8H2. The first-order chi connectivity index (χ1) is 7.95. The molecular formula is C10H15F4N3. The number of nitriles is 1. The zero-order valence-electron chi connectivity index (χ0n) is 9.38. The molecule has 0 atom stereocenters. The average molecular weight is 253 g/mol. The molecule has 0 N–H and O–H groups in total. The van der Waals surface area contributed by atoms with E-state index < -0.39 is 18.9 Å². The van der Waals surface area contributed by atoms with Crippen LogP contribution in [0, 0.1) is 11.3 Å². The van der Waals surface area contributed by atoms with Gasteiger partial charge in [-0.3, -0.25) is 9.80 Å². The van der Waals surface area contributed by atoms with Crippen LogP contribution in [0.2, 0.25) is 0 Å². The van der Waals surface area contributed by atoms with E-state index >= 15 is 0 Å². The van der Waals surface area contributed by atoms with Gasteiger partial charge in [-0.05, 0) is 0 Å². The largest absolute Gasteiger partial charge is 0.319 e. The van der Waals surface area contributed by atoms with Crippen molar-refractivity contribution in [3.63, 3.8) is 0 Å². The van der Waals surface area contributed by atoms with Gasteiger partial charge < -0.3 is 0 Å². The molecule has 0 radical (unpaired) electrons. The van der Waals surface area contributed by atoms with Crippen LogP contribution in [0.5, 0.6) is 0 Å². The molecule has 98 valence electrons. The lowest BCUT2D eigenvalue weighted by Crippen LogP contribution is -2.51. The Balaban J connectivity index is 2.30. The summed E-state index contributed by atoms with van der Waals surface area (Å²) in [6.45, 7) is 1.48. The molecule has 7 heteroatoms. The minimum atomic E-state index is -3.94. The van der Waals surface area contributed by atoms with E-state index in [2.05, 4.69) is 0 Å². The molecule has 1 fully saturated rings. The van der Waals surface area contributed by atoms with Gasteiger partial charge in [-0.25, -0.2) is 8.78 Å². The van der Waals surface area contributed by atoms with Crippen molar-refractivity contribution in [1.82, 2.24) is 9.80 Å². The lowest BCUT2D eigenvalue weighted by Gasteiger charge is -2.35. The van der Waals surface area contributed by atoms with Gasteiger partial charge in [0.1, 0.15) is 0 Å². The van der Waals surface area contributed by atoms with Gasteiger partial charge in [0.15, 0.2) is 0 Å². The lowest BCUT2D eigenvalue weighted by molar-refractivity contribution is -0.144. The predicted octanol–water partition coefficient (Wildman–Crippen LogP) is 1.42. The molecule has 3 nitrogen and oxygen atoms in total. The van der Waals surface area contributed by atoms with Crippen LogP contribution in [0.3, 0.4) is 0 Å². The molecule has 1 aliphatic heterocycles. The Labute approximate surface area is 97.6 Å².